The van der Waals surface area contributed by atoms with Crippen molar-refractivity contribution in [3.05, 3.63) is 34.9 Å². The summed E-state index contributed by atoms with van der Waals surface area (Å²) in [5.74, 6) is 1.37. The zero-order valence-corrected chi connectivity index (χ0v) is 20.9. The molecule has 1 aliphatic rings. The van der Waals surface area contributed by atoms with E-state index in [9.17, 15) is 0 Å². The summed E-state index contributed by atoms with van der Waals surface area (Å²) in [6.07, 6.45) is 0.949. The highest BCUT2D eigenvalue weighted by Gasteiger charge is 2.24. The van der Waals surface area contributed by atoms with Crippen LogP contribution in [0, 0.1) is 5.92 Å². The van der Waals surface area contributed by atoms with Crippen LogP contribution in [0.3, 0.4) is 0 Å². The number of aliphatic imine (C=N–C) groups is 1. The summed E-state index contributed by atoms with van der Waals surface area (Å²) in [5, 5.41) is 7.62. The second kappa shape index (κ2) is 15.2. The van der Waals surface area contributed by atoms with Gasteiger partial charge in [0.2, 0.25) is 0 Å². The third-order valence-electron chi connectivity index (χ3n) is 4.65. The summed E-state index contributed by atoms with van der Waals surface area (Å²) >= 11 is 6.50. The maximum absolute atomic E-state index is 6.50. The summed E-state index contributed by atoms with van der Waals surface area (Å²) in [6, 6.07) is 8.24. The molecule has 0 aliphatic carbocycles. The first-order chi connectivity index (χ1) is 13.6. The highest BCUT2D eigenvalue weighted by Crippen LogP contribution is 2.27. The molecule has 8 heteroatoms. The van der Waals surface area contributed by atoms with E-state index in [1.165, 1.54) is 0 Å². The van der Waals surface area contributed by atoms with E-state index in [1.54, 1.807) is 7.05 Å². The summed E-state index contributed by atoms with van der Waals surface area (Å²) in [4.78, 5) is 6.77. The van der Waals surface area contributed by atoms with Crippen LogP contribution in [0.5, 0.6) is 0 Å². The molecule has 1 aliphatic heterocycles. The number of hydrogen-bond acceptors (Lipinski definition) is 4. The fourth-order valence-corrected chi connectivity index (χ4v) is 3.45. The normalized spacial score (nSPS) is 16.4. The number of morpholine rings is 1. The molecular formula is C21H36ClIN4O2. The van der Waals surface area contributed by atoms with Crippen LogP contribution in [0.2, 0.25) is 5.02 Å². The third kappa shape index (κ3) is 9.83. The Bertz CT molecular complexity index is 598. The van der Waals surface area contributed by atoms with Gasteiger partial charge in [-0.1, -0.05) is 43.6 Å². The second-order valence-corrected chi connectivity index (χ2v) is 7.80. The maximum Gasteiger partial charge on any atom is 0.191 e. The first-order valence-electron chi connectivity index (χ1n) is 10.2. The minimum Gasteiger partial charge on any atom is -0.381 e. The van der Waals surface area contributed by atoms with Crippen molar-refractivity contribution < 1.29 is 9.47 Å². The summed E-state index contributed by atoms with van der Waals surface area (Å²) in [5.41, 5.74) is 1.14. The van der Waals surface area contributed by atoms with E-state index in [0.717, 1.165) is 75.6 Å². The molecule has 0 amide bonds. The van der Waals surface area contributed by atoms with E-state index in [2.05, 4.69) is 40.4 Å². The lowest BCUT2D eigenvalue weighted by Gasteiger charge is -2.35. The van der Waals surface area contributed by atoms with Gasteiger partial charge in [0, 0.05) is 51.5 Å². The van der Waals surface area contributed by atoms with E-state index in [-0.39, 0.29) is 30.0 Å². The Morgan fingerprint density at radius 2 is 1.97 bits per heavy atom. The number of halogens is 2. The summed E-state index contributed by atoms with van der Waals surface area (Å²) in [6.45, 7) is 10.8. The average molecular weight is 539 g/mol. The Morgan fingerprint density at radius 3 is 2.62 bits per heavy atom. The van der Waals surface area contributed by atoms with E-state index in [4.69, 9.17) is 21.1 Å². The van der Waals surface area contributed by atoms with Crippen LogP contribution in [0.4, 0.5) is 0 Å². The summed E-state index contributed by atoms with van der Waals surface area (Å²) < 4.78 is 11.1. The fraction of sp³-hybridized carbons (Fsp3) is 0.667. The Kier molecular flexibility index (Phi) is 13.9. The van der Waals surface area contributed by atoms with Gasteiger partial charge in [-0.05, 0) is 24.0 Å². The number of benzene rings is 1. The lowest BCUT2D eigenvalue weighted by molar-refractivity contribution is 0.0170. The lowest BCUT2D eigenvalue weighted by atomic mass is 10.0. The molecule has 1 fully saturated rings. The SMILES string of the molecule is CN=C(NCCCOCC(C)C)NCC(c1ccccc1Cl)N1CCOCC1.I. The van der Waals surface area contributed by atoms with Gasteiger partial charge >= 0.3 is 0 Å². The van der Waals surface area contributed by atoms with E-state index in [0.29, 0.717) is 5.92 Å². The monoisotopic (exact) mass is 538 g/mol. The first kappa shape index (κ1) is 26.4. The molecule has 29 heavy (non-hydrogen) atoms. The van der Waals surface area contributed by atoms with Crippen LogP contribution in [0.1, 0.15) is 31.9 Å². The van der Waals surface area contributed by atoms with Crippen LogP contribution in [0.25, 0.3) is 0 Å². The Labute approximate surface area is 197 Å². The largest absolute Gasteiger partial charge is 0.381 e. The van der Waals surface area contributed by atoms with Crippen molar-refractivity contribution in [3.63, 3.8) is 0 Å². The van der Waals surface area contributed by atoms with Gasteiger partial charge in [0.1, 0.15) is 0 Å². The predicted molar refractivity (Wildman–Crippen MR) is 132 cm³/mol. The zero-order chi connectivity index (χ0) is 20.2. The van der Waals surface area contributed by atoms with Crippen LogP contribution in [0.15, 0.2) is 29.3 Å². The Hall–Kier alpha value is -0.610. The Balaban J connectivity index is 0.00000420. The van der Waals surface area contributed by atoms with Crippen molar-refractivity contribution in [1.82, 2.24) is 15.5 Å². The molecule has 1 heterocycles. The molecule has 1 aromatic carbocycles. The third-order valence-corrected chi connectivity index (χ3v) is 4.99. The van der Waals surface area contributed by atoms with Gasteiger partial charge in [0.05, 0.1) is 19.3 Å². The molecule has 0 bridgehead atoms. The van der Waals surface area contributed by atoms with Crippen LogP contribution in [-0.4, -0.2) is 70.5 Å². The van der Waals surface area contributed by atoms with Gasteiger partial charge in [-0.3, -0.25) is 9.89 Å². The molecular weight excluding hydrogens is 503 g/mol. The van der Waals surface area contributed by atoms with Gasteiger partial charge < -0.3 is 20.1 Å². The number of ether oxygens (including phenoxy) is 2. The minimum absolute atomic E-state index is 0. The molecule has 166 valence electrons. The number of rotatable bonds is 10. The zero-order valence-electron chi connectivity index (χ0n) is 17.8. The smallest absolute Gasteiger partial charge is 0.191 e. The molecule has 1 saturated heterocycles. The highest BCUT2D eigenvalue weighted by molar-refractivity contribution is 14.0. The van der Waals surface area contributed by atoms with Crippen molar-refractivity contribution in [3.8, 4) is 0 Å². The van der Waals surface area contributed by atoms with Crippen LogP contribution in [-0.2, 0) is 9.47 Å². The molecule has 2 rings (SSSR count). The number of nitrogens with zero attached hydrogens (tertiary/aromatic N) is 2. The van der Waals surface area contributed by atoms with E-state index in [1.807, 2.05) is 18.2 Å². The molecule has 0 radical (unpaired) electrons. The number of guanidine groups is 1. The fourth-order valence-electron chi connectivity index (χ4n) is 3.18. The van der Waals surface area contributed by atoms with Gasteiger partial charge in [0.25, 0.3) is 0 Å². The second-order valence-electron chi connectivity index (χ2n) is 7.39. The summed E-state index contributed by atoms with van der Waals surface area (Å²) in [7, 11) is 1.80. The number of nitrogens with one attached hydrogen (secondary N) is 2. The van der Waals surface area contributed by atoms with E-state index < -0.39 is 0 Å². The first-order valence-corrected chi connectivity index (χ1v) is 10.6. The van der Waals surface area contributed by atoms with E-state index >= 15 is 0 Å². The molecule has 1 unspecified atom stereocenters. The predicted octanol–water partition coefficient (Wildman–Crippen LogP) is 3.56. The van der Waals surface area contributed by atoms with Crippen molar-refractivity contribution in [2.45, 2.75) is 26.3 Å². The van der Waals surface area contributed by atoms with Gasteiger partial charge in [-0.2, -0.15) is 0 Å². The van der Waals surface area contributed by atoms with Crippen LogP contribution >= 0.6 is 35.6 Å². The quantitative estimate of drug-likeness (QED) is 0.207. The molecule has 1 atom stereocenters. The lowest BCUT2D eigenvalue weighted by Crippen LogP contribution is -2.46. The molecule has 0 aromatic heterocycles. The van der Waals surface area contributed by atoms with Crippen molar-refractivity contribution >= 4 is 41.5 Å². The van der Waals surface area contributed by atoms with Gasteiger partial charge in [-0.25, -0.2) is 0 Å². The van der Waals surface area contributed by atoms with Crippen molar-refractivity contribution in [1.29, 1.82) is 0 Å². The average Bonchev–Trinajstić information content (AvgIpc) is 2.71. The van der Waals surface area contributed by atoms with Crippen molar-refractivity contribution in [2.75, 3.05) is 59.7 Å². The Morgan fingerprint density at radius 1 is 1.24 bits per heavy atom. The molecule has 2 N–H and O–H groups in total. The van der Waals surface area contributed by atoms with Crippen molar-refractivity contribution in [2.24, 2.45) is 10.9 Å². The molecule has 0 saturated carbocycles. The minimum atomic E-state index is 0. The standard InChI is InChI=1S/C21H35ClN4O2.HI/c1-17(2)16-28-12-6-9-24-21(23-3)25-15-20(26-10-13-27-14-11-26)18-7-4-5-8-19(18)22;/h4-5,7-8,17,20H,6,9-16H2,1-3H3,(H2,23,24,25);1H. The van der Waals surface area contributed by atoms with Crippen LogP contribution < -0.4 is 10.6 Å². The van der Waals surface area contributed by atoms with Gasteiger partial charge in [0.15, 0.2) is 5.96 Å². The maximum atomic E-state index is 6.50. The molecule has 1 aromatic rings. The molecule has 6 nitrogen and oxygen atoms in total. The topological polar surface area (TPSA) is 58.1 Å². The number of hydrogen-bond donors (Lipinski definition) is 2. The van der Waals surface area contributed by atoms with Gasteiger partial charge in [-0.15, -0.1) is 24.0 Å². The highest BCUT2D eigenvalue weighted by atomic mass is 127. The molecule has 0 spiro atoms.